The van der Waals surface area contributed by atoms with Gasteiger partial charge in [-0.1, -0.05) is 30.3 Å². The highest BCUT2D eigenvalue weighted by Gasteiger charge is 2.33. The van der Waals surface area contributed by atoms with Crippen molar-refractivity contribution in [1.82, 2.24) is 10.3 Å². The van der Waals surface area contributed by atoms with Gasteiger partial charge in [0.25, 0.3) is 5.91 Å². The lowest BCUT2D eigenvalue weighted by Crippen LogP contribution is -2.33. The molecule has 2 aliphatic heterocycles. The molecule has 1 N–H and O–H groups in total. The molecular formula is C28H28N4O2. The van der Waals surface area contributed by atoms with Crippen molar-refractivity contribution in [2.24, 2.45) is 0 Å². The minimum absolute atomic E-state index is 0.174. The van der Waals surface area contributed by atoms with Crippen LogP contribution in [-0.2, 0) is 36.1 Å². The number of hydrogen-bond acceptors (Lipinski definition) is 5. The first-order valence-electron chi connectivity index (χ1n) is 11.7. The zero-order valence-electron chi connectivity index (χ0n) is 19.4. The molecule has 0 fully saturated rings. The molecule has 0 aliphatic carbocycles. The molecule has 6 nitrogen and oxygen atoms in total. The van der Waals surface area contributed by atoms with Crippen molar-refractivity contribution in [2.75, 3.05) is 24.6 Å². The molecule has 0 radical (unpaired) electrons. The zero-order chi connectivity index (χ0) is 23.5. The van der Waals surface area contributed by atoms with Gasteiger partial charge in [-0.15, -0.1) is 0 Å². The summed E-state index contributed by atoms with van der Waals surface area (Å²) in [6.45, 7) is 4.92. The summed E-state index contributed by atoms with van der Waals surface area (Å²) in [5, 5.41) is 12.6. The van der Waals surface area contributed by atoms with Crippen LogP contribution in [0.4, 0.5) is 5.69 Å². The molecule has 3 heterocycles. The molecule has 2 aliphatic rings. The molecule has 0 bridgehead atoms. The van der Waals surface area contributed by atoms with E-state index in [4.69, 9.17) is 4.74 Å². The number of anilines is 1. The van der Waals surface area contributed by atoms with Crippen molar-refractivity contribution >= 4 is 11.6 Å². The standard InChI is InChI=1S/C28H28N4O2/c1-28(18-29)19-34-17-23-7-6-22(14-26(23)28)27(33)31-16-24-15-25(8-11-30-24)32-12-9-20-4-2-3-5-21(20)10-13-32/h2-8,11,14-15H,9-10,12-13,16-17,19H2,1H3,(H,31,33)/t28-/m1/s1. The van der Waals surface area contributed by atoms with Crippen LogP contribution in [0.3, 0.4) is 0 Å². The number of carbonyl (C=O) groups is 1. The Morgan fingerprint density at radius 3 is 2.62 bits per heavy atom. The normalized spacial score (nSPS) is 19.4. The lowest BCUT2D eigenvalue weighted by molar-refractivity contribution is 0.0757. The third kappa shape index (κ3) is 4.40. The first-order chi connectivity index (χ1) is 16.6. The summed E-state index contributed by atoms with van der Waals surface area (Å²) in [6.07, 6.45) is 3.86. The van der Waals surface area contributed by atoms with Gasteiger partial charge in [0.15, 0.2) is 0 Å². The molecule has 0 unspecified atom stereocenters. The number of pyridine rings is 1. The van der Waals surface area contributed by atoms with Gasteiger partial charge in [-0.3, -0.25) is 9.78 Å². The molecule has 6 heteroatoms. The Morgan fingerprint density at radius 2 is 1.88 bits per heavy atom. The Balaban J connectivity index is 1.26. The molecule has 0 saturated heterocycles. The number of amides is 1. The highest BCUT2D eigenvalue weighted by atomic mass is 16.5. The maximum absolute atomic E-state index is 12.9. The van der Waals surface area contributed by atoms with E-state index in [0.717, 1.165) is 48.4 Å². The number of carbonyl (C=O) groups excluding carboxylic acids is 1. The van der Waals surface area contributed by atoms with Gasteiger partial charge in [-0.2, -0.15) is 5.26 Å². The summed E-state index contributed by atoms with van der Waals surface area (Å²) in [7, 11) is 0. The summed E-state index contributed by atoms with van der Waals surface area (Å²) in [6, 6.07) is 20.6. The molecule has 5 rings (SSSR count). The van der Waals surface area contributed by atoms with Crippen molar-refractivity contribution in [1.29, 1.82) is 5.26 Å². The molecule has 0 spiro atoms. The van der Waals surface area contributed by atoms with Gasteiger partial charge in [0.1, 0.15) is 5.41 Å². The second-order valence-corrected chi connectivity index (χ2v) is 9.25. The summed E-state index contributed by atoms with van der Waals surface area (Å²) in [5.74, 6) is -0.174. The van der Waals surface area contributed by atoms with Gasteiger partial charge in [0, 0.05) is 30.5 Å². The molecule has 34 heavy (non-hydrogen) atoms. The van der Waals surface area contributed by atoms with Crippen molar-refractivity contribution in [3.8, 4) is 6.07 Å². The van der Waals surface area contributed by atoms with Crippen LogP contribution in [0.5, 0.6) is 0 Å². The SMILES string of the molecule is C[C@@]1(C#N)COCc2ccc(C(=O)NCc3cc(N4CCc5ccccc5CC4)ccn3)cc21. The van der Waals surface area contributed by atoms with Crippen molar-refractivity contribution in [3.63, 3.8) is 0 Å². The van der Waals surface area contributed by atoms with E-state index in [1.54, 1.807) is 6.07 Å². The largest absolute Gasteiger partial charge is 0.375 e. The molecule has 1 atom stereocenters. The number of nitrogens with zero attached hydrogens (tertiary/aromatic N) is 3. The zero-order valence-corrected chi connectivity index (χ0v) is 19.4. The molecule has 1 amide bonds. The van der Waals surface area contributed by atoms with E-state index >= 15 is 0 Å². The summed E-state index contributed by atoms with van der Waals surface area (Å²) < 4.78 is 5.56. The van der Waals surface area contributed by atoms with Crippen molar-refractivity contribution in [2.45, 2.75) is 38.3 Å². The van der Waals surface area contributed by atoms with E-state index < -0.39 is 5.41 Å². The number of rotatable bonds is 4. The fourth-order valence-electron chi connectivity index (χ4n) is 4.85. The van der Waals surface area contributed by atoms with E-state index in [9.17, 15) is 10.1 Å². The van der Waals surface area contributed by atoms with Crippen LogP contribution in [0.25, 0.3) is 0 Å². The maximum atomic E-state index is 12.9. The van der Waals surface area contributed by atoms with Crippen LogP contribution in [0.1, 0.15) is 45.2 Å². The fourth-order valence-corrected chi connectivity index (χ4v) is 4.85. The van der Waals surface area contributed by atoms with Gasteiger partial charge in [-0.05, 0) is 66.3 Å². The van der Waals surface area contributed by atoms with E-state index in [-0.39, 0.29) is 5.91 Å². The van der Waals surface area contributed by atoms with E-state index in [0.29, 0.717) is 25.3 Å². The van der Waals surface area contributed by atoms with Crippen molar-refractivity contribution in [3.05, 3.63) is 94.3 Å². The molecular weight excluding hydrogens is 424 g/mol. The van der Waals surface area contributed by atoms with Gasteiger partial charge >= 0.3 is 0 Å². The Kier molecular flexibility index (Phi) is 6.04. The molecule has 172 valence electrons. The Labute approximate surface area is 200 Å². The first-order valence-corrected chi connectivity index (χ1v) is 11.7. The third-order valence-electron chi connectivity index (χ3n) is 6.88. The molecule has 0 saturated carbocycles. The quantitative estimate of drug-likeness (QED) is 0.649. The summed E-state index contributed by atoms with van der Waals surface area (Å²) in [4.78, 5) is 19.8. The van der Waals surface area contributed by atoms with Gasteiger partial charge in [-0.25, -0.2) is 0 Å². The van der Waals surface area contributed by atoms with Crippen LogP contribution < -0.4 is 10.2 Å². The first kappa shape index (κ1) is 22.1. The van der Waals surface area contributed by atoms with E-state index in [1.165, 1.54) is 11.1 Å². The van der Waals surface area contributed by atoms with Crippen LogP contribution in [0.15, 0.2) is 60.8 Å². The lowest BCUT2D eigenvalue weighted by atomic mass is 9.79. The Hall–Kier alpha value is -3.69. The van der Waals surface area contributed by atoms with Crippen LogP contribution in [0, 0.1) is 11.3 Å². The number of hydrogen-bond donors (Lipinski definition) is 1. The van der Waals surface area contributed by atoms with Gasteiger partial charge in [0.2, 0.25) is 0 Å². The maximum Gasteiger partial charge on any atom is 0.251 e. The fraction of sp³-hybridized carbons (Fsp3) is 0.321. The molecule has 2 aromatic carbocycles. The lowest BCUT2D eigenvalue weighted by Gasteiger charge is -2.30. The number of aromatic nitrogens is 1. The number of nitrogens with one attached hydrogen (secondary N) is 1. The number of ether oxygens (including phenoxy) is 1. The van der Waals surface area contributed by atoms with E-state index in [1.807, 2.05) is 31.3 Å². The summed E-state index contributed by atoms with van der Waals surface area (Å²) >= 11 is 0. The predicted octanol–water partition coefficient (Wildman–Crippen LogP) is 3.93. The Bertz CT molecular complexity index is 1240. The van der Waals surface area contributed by atoms with Crippen LogP contribution in [0.2, 0.25) is 0 Å². The molecule has 1 aromatic heterocycles. The second-order valence-electron chi connectivity index (χ2n) is 9.25. The highest BCUT2D eigenvalue weighted by Crippen LogP contribution is 2.32. The average molecular weight is 453 g/mol. The average Bonchev–Trinajstić information content (AvgIpc) is 3.10. The third-order valence-corrected chi connectivity index (χ3v) is 6.88. The highest BCUT2D eigenvalue weighted by molar-refractivity contribution is 5.94. The number of fused-ring (bicyclic) bond motifs is 2. The Morgan fingerprint density at radius 1 is 1.12 bits per heavy atom. The number of benzene rings is 2. The summed E-state index contributed by atoms with van der Waals surface area (Å²) in [5.41, 5.74) is 6.44. The number of nitriles is 1. The van der Waals surface area contributed by atoms with Crippen molar-refractivity contribution < 1.29 is 9.53 Å². The van der Waals surface area contributed by atoms with Gasteiger partial charge in [0.05, 0.1) is 31.5 Å². The van der Waals surface area contributed by atoms with E-state index in [2.05, 4.69) is 51.6 Å². The van der Waals surface area contributed by atoms with Crippen LogP contribution in [-0.4, -0.2) is 30.6 Å². The monoisotopic (exact) mass is 452 g/mol. The van der Waals surface area contributed by atoms with Gasteiger partial charge < -0.3 is 15.0 Å². The second kappa shape index (κ2) is 9.28. The topological polar surface area (TPSA) is 78.2 Å². The molecule has 3 aromatic rings. The minimum atomic E-state index is -0.743. The smallest absolute Gasteiger partial charge is 0.251 e. The minimum Gasteiger partial charge on any atom is -0.375 e. The van der Waals surface area contributed by atoms with Crippen LogP contribution >= 0.6 is 0 Å². The predicted molar refractivity (Wildman–Crippen MR) is 131 cm³/mol.